The fourth-order valence-electron chi connectivity index (χ4n) is 1.70. The molecule has 0 heterocycles. The largest absolute Gasteiger partial charge is 0.456 e. The van der Waals surface area contributed by atoms with Crippen molar-refractivity contribution in [2.45, 2.75) is 6.92 Å². The molecule has 0 unspecified atom stereocenters. The van der Waals surface area contributed by atoms with Gasteiger partial charge in [-0.25, -0.2) is 4.39 Å². The second kappa shape index (κ2) is 6.01. The lowest BCUT2D eigenvalue weighted by Gasteiger charge is -2.09. The topological polar surface area (TPSA) is 69.4 Å². The number of hydrogen-bond donors (Lipinski definition) is 0. The predicted molar refractivity (Wildman–Crippen MR) is 77.3 cm³/mol. The van der Waals surface area contributed by atoms with Crippen molar-refractivity contribution in [3.8, 4) is 11.5 Å². The lowest BCUT2D eigenvalue weighted by atomic mass is 10.1. The van der Waals surface area contributed by atoms with E-state index in [4.69, 9.17) is 4.74 Å². The third kappa shape index (κ3) is 3.43. The molecule has 108 valence electrons. The molecule has 0 aliphatic rings. The van der Waals surface area contributed by atoms with Gasteiger partial charge in [-0.15, -0.1) is 0 Å². The second-order valence-electron chi connectivity index (χ2n) is 4.17. The van der Waals surface area contributed by atoms with Gasteiger partial charge in [0.1, 0.15) is 17.3 Å². The van der Waals surface area contributed by atoms with Gasteiger partial charge in [0, 0.05) is 6.07 Å². The summed E-state index contributed by atoms with van der Waals surface area (Å²) in [6, 6.07) is 7.72. The van der Waals surface area contributed by atoms with Gasteiger partial charge in [-0.3, -0.25) is 14.9 Å². The zero-order valence-corrected chi connectivity index (χ0v) is 12.4. The normalized spacial score (nSPS) is 10.2. The highest BCUT2D eigenvalue weighted by atomic mass is 79.9. The molecule has 5 nitrogen and oxygen atoms in total. The van der Waals surface area contributed by atoms with Crippen molar-refractivity contribution in [2.75, 3.05) is 0 Å². The van der Waals surface area contributed by atoms with Crippen LogP contribution in [0.15, 0.2) is 40.9 Å². The molecule has 0 atom stereocenters. The second-order valence-corrected chi connectivity index (χ2v) is 5.02. The summed E-state index contributed by atoms with van der Waals surface area (Å²) in [4.78, 5) is 21.7. The highest BCUT2D eigenvalue weighted by Gasteiger charge is 2.18. The van der Waals surface area contributed by atoms with Gasteiger partial charge in [0.2, 0.25) is 0 Å². The SMILES string of the molecule is CC(=O)c1cc(Oc2ccc(F)cc2Br)ccc1[N+](=O)[O-]. The van der Waals surface area contributed by atoms with Crippen molar-refractivity contribution in [3.05, 3.63) is 62.4 Å². The molecule has 0 amide bonds. The number of nitro groups is 1. The number of rotatable bonds is 4. The van der Waals surface area contributed by atoms with E-state index in [1.54, 1.807) is 0 Å². The van der Waals surface area contributed by atoms with Crippen LogP contribution < -0.4 is 4.74 Å². The van der Waals surface area contributed by atoms with Gasteiger partial charge in [0.05, 0.1) is 15.0 Å². The molecule has 0 saturated carbocycles. The molecule has 0 radical (unpaired) electrons. The van der Waals surface area contributed by atoms with Crippen LogP contribution in [0.3, 0.4) is 0 Å². The van der Waals surface area contributed by atoms with Gasteiger partial charge in [-0.1, -0.05) is 0 Å². The predicted octanol–water partition coefficient (Wildman–Crippen LogP) is 4.49. The summed E-state index contributed by atoms with van der Waals surface area (Å²) in [7, 11) is 0. The lowest BCUT2D eigenvalue weighted by Crippen LogP contribution is -2.00. The molecule has 0 fully saturated rings. The standard InChI is InChI=1S/C14H9BrFNO4/c1-8(18)11-7-10(3-4-13(11)17(19)20)21-14-5-2-9(16)6-12(14)15/h2-7H,1H3. The van der Waals surface area contributed by atoms with E-state index >= 15 is 0 Å². The van der Waals surface area contributed by atoms with Crippen molar-refractivity contribution < 1.29 is 18.8 Å². The lowest BCUT2D eigenvalue weighted by molar-refractivity contribution is -0.385. The summed E-state index contributed by atoms with van der Waals surface area (Å²) < 4.78 is 18.9. The number of ketones is 1. The third-order valence-corrected chi connectivity index (χ3v) is 3.29. The summed E-state index contributed by atoms with van der Waals surface area (Å²) >= 11 is 3.15. The number of Topliss-reactive ketones (excluding diaryl/α,β-unsaturated/α-hetero) is 1. The van der Waals surface area contributed by atoms with Crippen molar-refractivity contribution >= 4 is 27.4 Å². The first-order valence-electron chi connectivity index (χ1n) is 5.81. The first-order valence-corrected chi connectivity index (χ1v) is 6.60. The number of ether oxygens (including phenoxy) is 1. The number of carbonyl (C=O) groups is 1. The van der Waals surface area contributed by atoms with Gasteiger partial charge in [0.15, 0.2) is 5.78 Å². The maximum atomic E-state index is 13.0. The first kappa shape index (κ1) is 15.1. The van der Waals surface area contributed by atoms with Gasteiger partial charge in [0.25, 0.3) is 5.69 Å². The molecule has 0 N–H and O–H groups in total. The molecule has 0 bridgehead atoms. The van der Waals surface area contributed by atoms with Gasteiger partial charge in [-0.2, -0.15) is 0 Å². The molecular formula is C14H9BrFNO4. The first-order chi connectivity index (χ1) is 9.88. The van der Waals surface area contributed by atoms with Crippen molar-refractivity contribution in [1.82, 2.24) is 0 Å². The van der Waals surface area contributed by atoms with E-state index in [9.17, 15) is 19.3 Å². The van der Waals surface area contributed by atoms with Gasteiger partial charge in [-0.05, 0) is 53.2 Å². The average molecular weight is 354 g/mol. The fourth-order valence-corrected chi connectivity index (χ4v) is 2.14. The highest BCUT2D eigenvalue weighted by Crippen LogP contribution is 2.32. The average Bonchev–Trinajstić information content (AvgIpc) is 2.41. The Morgan fingerprint density at radius 2 is 2.00 bits per heavy atom. The van der Waals surface area contributed by atoms with E-state index in [0.717, 1.165) is 0 Å². The fraction of sp³-hybridized carbons (Fsp3) is 0.0714. The molecule has 0 aromatic heterocycles. The van der Waals surface area contributed by atoms with E-state index in [0.29, 0.717) is 10.2 Å². The smallest absolute Gasteiger partial charge is 0.280 e. The maximum absolute atomic E-state index is 13.0. The van der Waals surface area contributed by atoms with E-state index in [1.165, 1.54) is 43.3 Å². The quantitative estimate of drug-likeness (QED) is 0.461. The van der Waals surface area contributed by atoms with E-state index < -0.39 is 16.5 Å². The monoisotopic (exact) mass is 353 g/mol. The molecule has 0 aliphatic heterocycles. The van der Waals surface area contributed by atoms with Gasteiger partial charge < -0.3 is 4.74 Å². The molecule has 2 rings (SSSR count). The van der Waals surface area contributed by atoms with Crippen LogP contribution in [0.5, 0.6) is 11.5 Å². The van der Waals surface area contributed by atoms with Crippen LogP contribution in [0.2, 0.25) is 0 Å². The van der Waals surface area contributed by atoms with Crippen molar-refractivity contribution in [3.63, 3.8) is 0 Å². The van der Waals surface area contributed by atoms with E-state index in [1.807, 2.05) is 0 Å². The molecule has 0 saturated heterocycles. The minimum Gasteiger partial charge on any atom is -0.456 e. The van der Waals surface area contributed by atoms with Crippen molar-refractivity contribution in [2.24, 2.45) is 0 Å². The Balaban J connectivity index is 2.39. The van der Waals surface area contributed by atoms with Crippen LogP contribution in [-0.2, 0) is 0 Å². The van der Waals surface area contributed by atoms with Crippen molar-refractivity contribution in [1.29, 1.82) is 0 Å². The number of carbonyl (C=O) groups excluding carboxylic acids is 1. The van der Waals surface area contributed by atoms with Crippen LogP contribution in [-0.4, -0.2) is 10.7 Å². The molecule has 2 aromatic carbocycles. The Hall–Kier alpha value is -2.28. The summed E-state index contributed by atoms with van der Waals surface area (Å²) in [6.07, 6.45) is 0. The van der Waals surface area contributed by atoms with Crippen LogP contribution in [0.25, 0.3) is 0 Å². The summed E-state index contributed by atoms with van der Waals surface area (Å²) in [6.45, 7) is 1.24. The Bertz CT molecular complexity index is 733. The molecule has 0 spiro atoms. The van der Waals surface area contributed by atoms with Gasteiger partial charge >= 0.3 is 0 Å². The number of benzene rings is 2. The van der Waals surface area contributed by atoms with Crippen LogP contribution in [0, 0.1) is 15.9 Å². The number of nitrogens with zero attached hydrogens (tertiary/aromatic N) is 1. The zero-order chi connectivity index (χ0) is 15.6. The van der Waals surface area contributed by atoms with E-state index in [2.05, 4.69) is 15.9 Å². The molecular weight excluding hydrogens is 345 g/mol. The Kier molecular flexibility index (Phi) is 4.32. The number of hydrogen-bond acceptors (Lipinski definition) is 4. The minimum atomic E-state index is -0.631. The molecule has 7 heteroatoms. The molecule has 2 aromatic rings. The summed E-state index contributed by atoms with van der Waals surface area (Å²) in [5.74, 6) is -0.287. The number of nitro benzene ring substituents is 1. The maximum Gasteiger partial charge on any atom is 0.280 e. The van der Waals surface area contributed by atoms with E-state index in [-0.39, 0.29) is 17.0 Å². The summed E-state index contributed by atoms with van der Waals surface area (Å²) in [5, 5.41) is 10.9. The minimum absolute atomic E-state index is 0.0456. The Labute approximate surface area is 127 Å². The van der Waals surface area contributed by atoms with Crippen LogP contribution in [0.1, 0.15) is 17.3 Å². The molecule has 0 aliphatic carbocycles. The zero-order valence-electron chi connectivity index (χ0n) is 10.8. The van der Waals surface area contributed by atoms with Crippen LogP contribution >= 0.6 is 15.9 Å². The molecule has 21 heavy (non-hydrogen) atoms. The Morgan fingerprint density at radius 3 is 2.57 bits per heavy atom. The third-order valence-electron chi connectivity index (χ3n) is 2.67. The number of halogens is 2. The summed E-state index contributed by atoms with van der Waals surface area (Å²) in [5.41, 5.74) is -0.330. The van der Waals surface area contributed by atoms with Crippen LogP contribution in [0.4, 0.5) is 10.1 Å². The Morgan fingerprint density at radius 1 is 1.29 bits per heavy atom. The highest BCUT2D eigenvalue weighted by molar-refractivity contribution is 9.10.